The van der Waals surface area contributed by atoms with E-state index in [2.05, 4.69) is 33.9 Å². The SMILES string of the molecule is CC(C)C[C@H](N)C(=O)NCCc1nnc2n1CCCCC2.Cl.Cl. The molecule has 23 heavy (non-hydrogen) atoms. The number of aryl methyl sites for hydroxylation is 1. The largest absolute Gasteiger partial charge is 0.354 e. The van der Waals surface area contributed by atoms with E-state index >= 15 is 0 Å². The lowest BCUT2D eigenvalue weighted by atomic mass is 10.0. The standard InChI is InChI=1S/C15H27N5O.2ClH/c1-11(2)10-12(16)15(21)17-8-7-14-19-18-13-6-4-3-5-9-20(13)14;;/h11-12H,3-10,16H2,1-2H3,(H,17,21);2*1H/t12-;;/m0../s1. The Labute approximate surface area is 150 Å². The van der Waals surface area contributed by atoms with E-state index in [0.29, 0.717) is 25.3 Å². The van der Waals surface area contributed by atoms with E-state index in [4.69, 9.17) is 5.73 Å². The number of carbonyl (C=O) groups is 1. The molecule has 0 radical (unpaired) electrons. The molecule has 8 heteroatoms. The van der Waals surface area contributed by atoms with Gasteiger partial charge in [0.1, 0.15) is 11.6 Å². The van der Waals surface area contributed by atoms with Gasteiger partial charge in [0.2, 0.25) is 5.91 Å². The number of amides is 1. The minimum absolute atomic E-state index is 0. The molecular formula is C15H29Cl2N5O. The van der Waals surface area contributed by atoms with Gasteiger partial charge < -0.3 is 15.6 Å². The molecule has 0 saturated carbocycles. The Bertz CT molecular complexity index is 478. The topological polar surface area (TPSA) is 85.8 Å². The number of halogens is 2. The highest BCUT2D eigenvalue weighted by Crippen LogP contribution is 2.14. The highest BCUT2D eigenvalue weighted by Gasteiger charge is 2.16. The number of fused-ring (bicyclic) bond motifs is 1. The number of hydrogen-bond donors (Lipinski definition) is 2. The summed E-state index contributed by atoms with van der Waals surface area (Å²) in [5, 5.41) is 11.4. The van der Waals surface area contributed by atoms with Crippen molar-refractivity contribution in [3.8, 4) is 0 Å². The Morgan fingerprint density at radius 3 is 2.70 bits per heavy atom. The minimum Gasteiger partial charge on any atom is -0.354 e. The summed E-state index contributed by atoms with van der Waals surface area (Å²) in [6.45, 7) is 5.71. The number of hydrogen-bond acceptors (Lipinski definition) is 4. The van der Waals surface area contributed by atoms with Crippen molar-refractivity contribution in [3.63, 3.8) is 0 Å². The second-order valence-corrected chi connectivity index (χ2v) is 6.27. The molecule has 1 aliphatic heterocycles. The second kappa shape index (κ2) is 10.8. The van der Waals surface area contributed by atoms with E-state index in [1.807, 2.05) is 0 Å². The normalized spacial score (nSPS) is 15.0. The fourth-order valence-electron chi connectivity index (χ4n) is 2.77. The van der Waals surface area contributed by atoms with Gasteiger partial charge in [0.15, 0.2) is 0 Å². The van der Waals surface area contributed by atoms with Crippen LogP contribution in [0.5, 0.6) is 0 Å². The first-order valence-corrected chi connectivity index (χ1v) is 8.02. The number of nitrogens with two attached hydrogens (primary N) is 1. The Balaban J connectivity index is 0.00000242. The van der Waals surface area contributed by atoms with E-state index < -0.39 is 6.04 Å². The number of aromatic nitrogens is 3. The molecule has 0 bridgehead atoms. The van der Waals surface area contributed by atoms with Gasteiger partial charge in [-0.2, -0.15) is 0 Å². The lowest BCUT2D eigenvalue weighted by Gasteiger charge is -2.14. The molecule has 0 spiro atoms. The van der Waals surface area contributed by atoms with Crippen molar-refractivity contribution in [3.05, 3.63) is 11.6 Å². The maximum absolute atomic E-state index is 11.9. The number of nitrogens with zero attached hydrogens (tertiary/aromatic N) is 3. The summed E-state index contributed by atoms with van der Waals surface area (Å²) >= 11 is 0. The predicted molar refractivity (Wildman–Crippen MR) is 96.2 cm³/mol. The quantitative estimate of drug-likeness (QED) is 0.805. The van der Waals surface area contributed by atoms with E-state index in [9.17, 15) is 4.79 Å². The van der Waals surface area contributed by atoms with Crippen molar-refractivity contribution in [1.29, 1.82) is 0 Å². The average Bonchev–Trinajstić information content (AvgIpc) is 2.67. The van der Waals surface area contributed by atoms with Crippen LogP contribution in [0.25, 0.3) is 0 Å². The maximum atomic E-state index is 11.9. The van der Waals surface area contributed by atoms with Gasteiger partial charge in [-0.15, -0.1) is 35.0 Å². The van der Waals surface area contributed by atoms with Crippen molar-refractivity contribution in [2.75, 3.05) is 6.54 Å². The summed E-state index contributed by atoms with van der Waals surface area (Å²) < 4.78 is 2.22. The Hall–Kier alpha value is -0.850. The molecule has 1 atom stereocenters. The third kappa shape index (κ3) is 6.65. The van der Waals surface area contributed by atoms with Crippen molar-refractivity contribution in [1.82, 2.24) is 20.1 Å². The molecule has 0 aromatic carbocycles. The summed E-state index contributed by atoms with van der Waals surface area (Å²) in [5.41, 5.74) is 5.86. The van der Waals surface area contributed by atoms with E-state index in [0.717, 1.165) is 24.6 Å². The van der Waals surface area contributed by atoms with Gasteiger partial charge in [0.25, 0.3) is 0 Å². The van der Waals surface area contributed by atoms with Crippen LogP contribution in [0.2, 0.25) is 0 Å². The molecule has 0 aliphatic carbocycles. The number of rotatable bonds is 6. The second-order valence-electron chi connectivity index (χ2n) is 6.27. The molecule has 0 unspecified atom stereocenters. The molecule has 1 aliphatic rings. The van der Waals surface area contributed by atoms with Crippen LogP contribution in [-0.2, 0) is 24.2 Å². The predicted octanol–water partition coefficient (Wildman–Crippen LogP) is 1.88. The summed E-state index contributed by atoms with van der Waals surface area (Å²) in [6, 6.07) is -0.416. The molecule has 0 fully saturated rings. The van der Waals surface area contributed by atoms with Crippen LogP contribution in [-0.4, -0.2) is 33.3 Å². The van der Waals surface area contributed by atoms with Crippen LogP contribution in [0.3, 0.4) is 0 Å². The molecule has 0 saturated heterocycles. The van der Waals surface area contributed by atoms with Crippen molar-refractivity contribution >= 4 is 30.7 Å². The highest BCUT2D eigenvalue weighted by molar-refractivity contribution is 5.85. The van der Waals surface area contributed by atoms with Gasteiger partial charge in [0.05, 0.1) is 6.04 Å². The van der Waals surface area contributed by atoms with Gasteiger partial charge >= 0.3 is 0 Å². The highest BCUT2D eigenvalue weighted by atomic mass is 35.5. The van der Waals surface area contributed by atoms with Crippen LogP contribution in [0.1, 0.15) is 51.2 Å². The number of nitrogens with one attached hydrogen (secondary N) is 1. The fraction of sp³-hybridized carbons (Fsp3) is 0.800. The molecule has 1 amide bonds. The van der Waals surface area contributed by atoms with Gasteiger partial charge in [0, 0.05) is 25.9 Å². The van der Waals surface area contributed by atoms with Crippen LogP contribution < -0.4 is 11.1 Å². The van der Waals surface area contributed by atoms with Crippen molar-refractivity contribution in [2.24, 2.45) is 11.7 Å². The van der Waals surface area contributed by atoms with Crippen molar-refractivity contribution in [2.45, 2.75) is 65.0 Å². The third-order valence-electron chi connectivity index (χ3n) is 3.90. The first kappa shape index (κ1) is 22.1. The van der Waals surface area contributed by atoms with E-state index in [1.54, 1.807) is 0 Å². The molecule has 6 nitrogen and oxygen atoms in total. The molecule has 1 aromatic heterocycles. The Morgan fingerprint density at radius 1 is 1.26 bits per heavy atom. The zero-order valence-electron chi connectivity index (χ0n) is 14.0. The molecule has 3 N–H and O–H groups in total. The Morgan fingerprint density at radius 2 is 2.00 bits per heavy atom. The zero-order chi connectivity index (χ0) is 15.2. The summed E-state index contributed by atoms with van der Waals surface area (Å²) in [5.74, 6) is 2.42. The van der Waals surface area contributed by atoms with Gasteiger partial charge in [-0.05, 0) is 25.2 Å². The average molecular weight is 366 g/mol. The molecule has 134 valence electrons. The van der Waals surface area contributed by atoms with Crippen LogP contribution in [0.4, 0.5) is 0 Å². The molecular weight excluding hydrogens is 337 g/mol. The molecule has 2 rings (SSSR count). The van der Waals surface area contributed by atoms with Gasteiger partial charge in [-0.1, -0.05) is 20.3 Å². The maximum Gasteiger partial charge on any atom is 0.236 e. The van der Waals surface area contributed by atoms with Crippen LogP contribution >= 0.6 is 24.8 Å². The molecule has 1 aromatic rings. The zero-order valence-corrected chi connectivity index (χ0v) is 15.6. The Kier molecular flexibility index (Phi) is 10.4. The van der Waals surface area contributed by atoms with E-state index in [-0.39, 0.29) is 30.7 Å². The summed E-state index contributed by atoms with van der Waals surface area (Å²) in [6.07, 6.45) is 6.07. The fourth-order valence-corrected chi connectivity index (χ4v) is 2.77. The first-order valence-electron chi connectivity index (χ1n) is 8.02. The lowest BCUT2D eigenvalue weighted by molar-refractivity contribution is -0.122. The van der Waals surface area contributed by atoms with E-state index in [1.165, 1.54) is 19.3 Å². The van der Waals surface area contributed by atoms with Gasteiger partial charge in [-0.25, -0.2) is 0 Å². The summed E-state index contributed by atoms with van der Waals surface area (Å²) in [4.78, 5) is 11.9. The smallest absolute Gasteiger partial charge is 0.236 e. The summed E-state index contributed by atoms with van der Waals surface area (Å²) in [7, 11) is 0. The minimum atomic E-state index is -0.416. The van der Waals surface area contributed by atoms with Crippen LogP contribution in [0.15, 0.2) is 0 Å². The first-order chi connectivity index (χ1) is 10.1. The van der Waals surface area contributed by atoms with Crippen molar-refractivity contribution < 1.29 is 4.79 Å². The molecule has 2 heterocycles. The van der Waals surface area contributed by atoms with Gasteiger partial charge in [-0.3, -0.25) is 4.79 Å². The number of carbonyl (C=O) groups excluding carboxylic acids is 1. The lowest BCUT2D eigenvalue weighted by Crippen LogP contribution is -2.42. The third-order valence-corrected chi connectivity index (χ3v) is 3.90. The van der Waals surface area contributed by atoms with Crippen LogP contribution in [0, 0.1) is 5.92 Å². The monoisotopic (exact) mass is 365 g/mol.